The first-order valence-electron chi connectivity index (χ1n) is 7.76. The summed E-state index contributed by atoms with van der Waals surface area (Å²) in [6.07, 6.45) is 0. The lowest BCUT2D eigenvalue weighted by molar-refractivity contribution is 1.19. The Kier molecular flexibility index (Phi) is 4.87. The molecule has 0 aliphatic carbocycles. The van der Waals surface area contributed by atoms with E-state index in [0.717, 1.165) is 28.3 Å². The quantitative estimate of drug-likeness (QED) is 0.460. The smallest absolute Gasteiger partial charge is 0.0886 e. The van der Waals surface area contributed by atoms with Crippen LogP contribution in [0.1, 0.15) is 11.1 Å². The van der Waals surface area contributed by atoms with Crippen LogP contribution in [-0.4, -0.2) is 0 Å². The van der Waals surface area contributed by atoms with Crippen LogP contribution >= 0.6 is 0 Å². The average Bonchev–Trinajstić information content (AvgIpc) is 2.61. The van der Waals surface area contributed by atoms with E-state index >= 15 is 0 Å². The molecular weight excluding hydrogens is 296 g/mol. The summed E-state index contributed by atoms with van der Waals surface area (Å²) in [5, 5.41) is 17.0. The molecule has 0 heterocycles. The van der Waals surface area contributed by atoms with E-state index in [1.165, 1.54) is 5.56 Å². The van der Waals surface area contributed by atoms with Crippen molar-refractivity contribution in [3.63, 3.8) is 0 Å². The average molecular weight is 314 g/mol. The van der Waals surface area contributed by atoms with Crippen LogP contribution in [0.4, 0.5) is 22.7 Å². The number of hydrogen-bond donors (Lipinski definition) is 0. The molecule has 0 amide bonds. The SMILES string of the molecule is Cc1ccc(/N=N\c2ccc(/N=N\c3ccccc3)cc2)c(C)c1. The van der Waals surface area contributed by atoms with Gasteiger partial charge in [0.15, 0.2) is 0 Å². The second kappa shape index (κ2) is 7.42. The summed E-state index contributed by atoms with van der Waals surface area (Å²) in [6, 6.07) is 23.3. The maximum atomic E-state index is 4.31. The largest absolute Gasteiger partial charge is 0.151 e. The Morgan fingerprint density at radius 1 is 0.542 bits per heavy atom. The van der Waals surface area contributed by atoms with Crippen molar-refractivity contribution in [3.05, 3.63) is 83.9 Å². The Labute approximate surface area is 141 Å². The zero-order valence-corrected chi connectivity index (χ0v) is 13.7. The molecule has 0 spiro atoms. The highest BCUT2D eigenvalue weighted by Gasteiger charge is 1.97. The van der Waals surface area contributed by atoms with Crippen LogP contribution in [-0.2, 0) is 0 Å². The second-order valence-corrected chi connectivity index (χ2v) is 5.54. The minimum absolute atomic E-state index is 0.782. The van der Waals surface area contributed by atoms with E-state index in [1.807, 2.05) is 73.7 Å². The summed E-state index contributed by atoms with van der Waals surface area (Å²) in [5.41, 5.74) is 5.62. The monoisotopic (exact) mass is 314 g/mol. The second-order valence-electron chi connectivity index (χ2n) is 5.54. The molecule has 4 heteroatoms. The van der Waals surface area contributed by atoms with E-state index < -0.39 is 0 Å². The predicted octanol–water partition coefficient (Wildman–Crippen LogP) is 7.13. The number of nitrogens with zero attached hydrogens (tertiary/aromatic N) is 4. The lowest BCUT2D eigenvalue weighted by Crippen LogP contribution is -1.76. The molecule has 118 valence electrons. The number of rotatable bonds is 4. The van der Waals surface area contributed by atoms with Gasteiger partial charge in [0.2, 0.25) is 0 Å². The van der Waals surface area contributed by atoms with Gasteiger partial charge in [0.25, 0.3) is 0 Å². The van der Waals surface area contributed by atoms with Crippen LogP contribution < -0.4 is 0 Å². The molecule has 24 heavy (non-hydrogen) atoms. The van der Waals surface area contributed by atoms with E-state index in [1.54, 1.807) is 0 Å². The highest BCUT2D eigenvalue weighted by atomic mass is 15.1. The minimum atomic E-state index is 0.782. The number of benzene rings is 3. The van der Waals surface area contributed by atoms with E-state index in [-0.39, 0.29) is 0 Å². The fraction of sp³-hybridized carbons (Fsp3) is 0.100. The van der Waals surface area contributed by atoms with Crippen molar-refractivity contribution in [1.29, 1.82) is 0 Å². The molecule has 3 aromatic carbocycles. The molecule has 3 rings (SSSR count). The van der Waals surface area contributed by atoms with Crippen LogP contribution in [0.25, 0.3) is 0 Å². The minimum Gasteiger partial charge on any atom is -0.151 e. The van der Waals surface area contributed by atoms with Crippen LogP contribution in [0.2, 0.25) is 0 Å². The van der Waals surface area contributed by atoms with Crippen molar-refractivity contribution in [2.75, 3.05) is 0 Å². The van der Waals surface area contributed by atoms with Crippen molar-refractivity contribution in [3.8, 4) is 0 Å². The molecule has 0 atom stereocenters. The molecule has 0 aromatic heterocycles. The Hall–Kier alpha value is -3.14. The lowest BCUT2D eigenvalue weighted by atomic mass is 10.1. The highest BCUT2D eigenvalue weighted by Crippen LogP contribution is 2.25. The van der Waals surface area contributed by atoms with Gasteiger partial charge in [-0.2, -0.15) is 20.5 Å². The van der Waals surface area contributed by atoms with Gasteiger partial charge >= 0.3 is 0 Å². The molecule has 0 aliphatic rings. The summed E-state index contributed by atoms with van der Waals surface area (Å²) < 4.78 is 0. The van der Waals surface area contributed by atoms with Crippen molar-refractivity contribution in [1.82, 2.24) is 0 Å². The summed E-state index contributed by atoms with van der Waals surface area (Å²) >= 11 is 0. The molecule has 0 unspecified atom stereocenters. The third-order valence-electron chi connectivity index (χ3n) is 3.51. The van der Waals surface area contributed by atoms with Gasteiger partial charge in [-0.25, -0.2) is 0 Å². The standard InChI is InChI=1S/C20H18N4/c1-15-8-13-20(16(2)14-15)24-23-19-11-9-18(10-12-19)22-21-17-6-4-3-5-7-17/h3-14H,1-2H3/b22-21-,24-23-. The summed E-state index contributed by atoms with van der Waals surface area (Å²) in [5.74, 6) is 0. The molecular formula is C20H18N4. The maximum Gasteiger partial charge on any atom is 0.0886 e. The molecule has 0 bridgehead atoms. The van der Waals surface area contributed by atoms with Crippen molar-refractivity contribution >= 4 is 22.7 Å². The fourth-order valence-electron chi connectivity index (χ4n) is 2.23. The number of azo groups is 2. The van der Waals surface area contributed by atoms with Crippen molar-refractivity contribution in [2.45, 2.75) is 13.8 Å². The molecule has 4 nitrogen and oxygen atoms in total. The third kappa shape index (κ3) is 4.20. The Balaban J connectivity index is 1.70. The predicted molar refractivity (Wildman–Crippen MR) is 97.2 cm³/mol. The molecule has 0 fully saturated rings. The Morgan fingerprint density at radius 2 is 1.08 bits per heavy atom. The van der Waals surface area contributed by atoms with Crippen LogP contribution in [0.15, 0.2) is 93.3 Å². The van der Waals surface area contributed by atoms with Gasteiger partial charge < -0.3 is 0 Å². The van der Waals surface area contributed by atoms with Gasteiger partial charge in [0.1, 0.15) is 0 Å². The maximum absolute atomic E-state index is 4.31. The molecule has 0 saturated heterocycles. The van der Waals surface area contributed by atoms with E-state index in [0.29, 0.717) is 0 Å². The summed E-state index contributed by atoms with van der Waals surface area (Å²) in [6.45, 7) is 4.10. The van der Waals surface area contributed by atoms with Gasteiger partial charge in [-0.3, -0.25) is 0 Å². The van der Waals surface area contributed by atoms with Gasteiger partial charge in [0.05, 0.1) is 22.7 Å². The fourth-order valence-corrected chi connectivity index (χ4v) is 2.23. The van der Waals surface area contributed by atoms with E-state index in [9.17, 15) is 0 Å². The number of hydrogen-bond acceptors (Lipinski definition) is 4. The topological polar surface area (TPSA) is 49.4 Å². The molecule has 0 aliphatic heterocycles. The van der Waals surface area contributed by atoms with Crippen LogP contribution in [0, 0.1) is 13.8 Å². The molecule has 3 aromatic rings. The van der Waals surface area contributed by atoms with Crippen molar-refractivity contribution in [2.24, 2.45) is 20.5 Å². The third-order valence-corrected chi connectivity index (χ3v) is 3.51. The van der Waals surface area contributed by atoms with Gasteiger partial charge in [0, 0.05) is 0 Å². The van der Waals surface area contributed by atoms with Crippen LogP contribution in [0.5, 0.6) is 0 Å². The molecule has 0 N–H and O–H groups in total. The zero-order valence-electron chi connectivity index (χ0n) is 13.7. The summed E-state index contributed by atoms with van der Waals surface area (Å²) in [7, 11) is 0. The van der Waals surface area contributed by atoms with E-state index in [2.05, 4.69) is 33.4 Å². The first-order valence-corrected chi connectivity index (χ1v) is 7.76. The van der Waals surface area contributed by atoms with Gasteiger partial charge in [-0.05, 0) is 61.9 Å². The lowest BCUT2D eigenvalue weighted by Gasteiger charge is -2.00. The van der Waals surface area contributed by atoms with E-state index in [4.69, 9.17) is 0 Å². The summed E-state index contributed by atoms with van der Waals surface area (Å²) in [4.78, 5) is 0. The van der Waals surface area contributed by atoms with Gasteiger partial charge in [-0.15, -0.1) is 0 Å². The van der Waals surface area contributed by atoms with Gasteiger partial charge in [-0.1, -0.05) is 35.9 Å². The van der Waals surface area contributed by atoms with Crippen molar-refractivity contribution < 1.29 is 0 Å². The number of aryl methyl sites for hydroxylation is 2. The van der Waals surface area contributed by atoms with Crippen LogP contribution in [0.3, 0.4) is 0 Å². The first kappa shape index (κ1) is 15.7. The zero-order chi connectivity index (χ0) is 16.8. The molecule has 0 saturated carbocycles. The molecule has 0 radical (unpaired) electrons. The first-order chi connectivity index (χ1) is 11.7. The highest BCUT2D eigenvalue weighted by molar-refractivity contribution is 5.50. The Morgan fingerprint density at radius 3 is 1.67 bits per heavy atom. The normalized spacial score (nSPS) is 11.4. The Bertz CT molecular complexity index is 866.